The zero-order chi connectivity index (χ0) is 22.1. The van der Waals surface area contributed by atoms with Crippen LogP contribution in [0.4, 0.5) is 0 Å². The molecule has 0 radical (unpaired) electrons. The molecule has 4 bridgehead atoms. The lowest BCUT2D eigenvalue weighted by molar-refractivity contribution is 0.0150. The molecule has 2 aromatic rings. The summed E-state index contributed by atoms with van der Waals surface area (Å²) in [6.45, 7) is 0.0185. The summed E-state index contributed by atoms with van der Waals surface area (Å²) in [4.78, 5) is 48.1. The van der Waals surface area contributed by atoms with Crippen LogP contribution in [0.5, 0.6) is 0 Å². The number of hydrogen-bond acceptors (Lipinski definition) is 9. The Kier molecular flexibility index (Phi) is 7.72. The molecular weight excluding hydrogens is 408 g/mol. The fourth-order valence-electron chi connectivity index (χ4n) is 2.58. The maximum atomic E-state index is 12.1. The molecule has 162 valence electrons. The van der Waals surface area contributed by atoms with Gasteiger partial charge in [-0.2, -0.15) is 0 Å². The van der Waals surface area contributed by atoms with Crippen LogP contribution in [-0.4, -0.2) is 63.5 Å². The quantitative estimate of drug-likeness (QED) is 0.459. The van der Waals surface area contributed by atoms with E-state index in [4.69, 9.17) is 23.7 Å². The van der Waals surface area contributed by atoms with Gasteiger partial charge in [0.1, 0.15) is 26.4 Å². The molecule has 0 amide bonds. The first-order chi connectivity index (χ1) is 15.0. The fourth-order valence-corrected chi connectivity index (χ4v) is 2.58. The Morgan fingerprint density at radius 3 is 0.871 bits per heavy atom. The van der Waals surface area contributed by atoms with Gasteiger partial charge >= 0.3 is 23.9 Å². The van der Waals surface area contributed by atoms with Crippen molar-refractivity contribution in [2.75, 3.05) is 39.6 Å². The average molecular weight is 428 g/mol. The number of esters is 4. The molecule has 0 saturated heterocycles. The van der Waals surface area contributed by atoms with Crippen molar-refractivity contribution >= 4 is 23.9 Å². The van der Waals surface area contributed by atoms with Gasteiger partial charge in [-0.05, 0) is 48.5 Å². The number of hydrogen-bond donors (Lipinski definition) is 0. The minimum atomic E-state index is -0.620. The molecule has 9 nitrogen and oxygen atoms in total. The topological polar surface area (TPSA) is 114 Å². The van der Waals surface area contributed by atoms with Gasteiger partial charge in [-0.15, -0.1) is 0 Å². The number of ether oxygens (including phenoxy) is 5. The molecule has 0 aromatic heterocycles. The van der Waals surface area contributed by atoms with Gasteiger partial charge in [-0.1, -0.05) is 0 Å². The van der Waals surface area contributed by atoms with Crippen LogP contribution in [0.15, 0.2) is 48.5 Å². The van der Waals surface area contributed by atoms with Crippen molar-refractivity contribution < 1.29 is 42.9 Å². The van der Waals surface area contributed by atoms with Crippen molar-refractivity contribution in [3.63, 3.8) is 0 Å². The second kappa shape index (κ2) is 10.9. The highest BCUT2D eigenvalue weighted by Crippen LogP contribution is 2.09. The van der Waals surface area contributed by atoms with Crippen LogP contribution in [0.25, 0.3) is 0 Å². The Balaban J connectivity index is 1.65. The third kappa shape index (κ3) is 6.38. The molecule has 9 heteroatoms. The monoisotopic (exact) mass is 428 g/mol. The largest absolute Gasteiger partial charge is 0.460 e. The maximum Gasteiger partial charge on any atom is 0.338 e. The highest BCUT2D eigenvalue weighted by Gasteiger charge is 2.13. The van der Waals surface area contributed by atoms with Crippen molar-refractivity contribution in [1.82, 2.24) is 0 Å². The normalized spacial score (nSPS) is 16.8. The standard InChI is InChI=1S/C22H20O9/c23-19-15-1-5-17(6-2-15)21(25)30-13-14-31-22(26)18-7-3-16(4-8-18)20(24)29-12-10-27-9-11-28-19/h1-8H,9-14H2. The predicted octanol–water partition coefficient (Wildman–Crippen LogP) is 2.04. The van der Waals surface area contributed by atoms with Gasteiger partial charge in [0.25, 0.3) is 0 Å². The molecule has 0 N–H and O–H groups in total. The summed E-state index contributed by atoms with van der Waals surface area (Å²) in [5.41, 5.74) is 1.01. The third-order valence-electron chi connectivity index (χ3n) is 4.18. The van der Waals surface area contributed by atoms with E-state index in [9.17, 15) is 19.2 Å². The van der Waals surface area contributed by atoms with Crippen molar-refractivity contribution in [2.45, 2.75) is 0 Å². The molecule has 6 rings (SSSR count). The van der Waals surface area contributed by atoms with Crippen molar-refractivity contribution in [2.24, 2.45) is 0 Å². The number of rotatable bonds is 0. The molecule has 4 aliphatic heterocycles. The Morgan fingerprint density at radius 1 is 0.387 bits per heavy atom. The predicted molar refractivity (Wildman–Crippen MR) is 105 cm³/mol. The van der Waals surface area contributed by atoms with Gasteiger partial charge in [0.2, 0.25) is 0 Å². The molecule has 0 spiro atoms. The summed E-state index contributed by atoms with van der Waals surface area (Å²) < 4.78 is 25.5. The van der Waals surface area contributed by atoms with E-state index in [1.54, 1.807) is 0 Å². The van der Waals surface area contributed by atoms with Crippen molar-refractivity contribution in [3.05, 3.63) is 70.8 Å². The highest BCUT2D eigenvalue weighted by atomic mass is 16.6. The van der Waals surface area contributed by atoms with E-state index in [1.165, 1.54) is 48.5 Å². The van der Waals surface area contributed by atoms with Crippen molar-refractivity contribution in [1.29, 1.82) is 0 Å². The van der Waals surface area contributed by atoms with Gasteiger partial charge in [0, 0.05) is 0 Å². The van der Waals surface area contributed by atoms with Crippen LogP contribution in [0.2, 0.25) is 0 Å². The Bertz CT molecular complexity index is 855. The van der Waals surface area contributed by atoms with Crippen LogP contribution in [0.1, 0.15) is 41.4 Å². The molecule has 4 heterocycles. The summed E-state index contributed by atoms with van der Waals surface area (Å²) >= 11 is 0. The van der Waals surface area contributed by atoms with Crippen LogP contribution in [0, 0.1) is 0 Å². The van der Waals surface area contributed by atoms with E-state index < -0.39 is 23.9 Å². The Morgan fingerprint density at radius 2 is 0.613 bits per heavy atom. The smallest absolute Gasteiger partial charge is 0.338 e. The van der Waals surface area contributed by atoms with E-state index in [0.717, 1.165) is 0 Å². The van der Waals surface area contributed by atoms with Gasteiger partial charge in [0.05, 0.1) is 35.5 Å². The summed E-state index contributed by atoms with van der Waals surface area (Å²) in [6.07, 6.45) is 0. The lowest BCUT2D eigenvalue weighted by Crippen LogP contribution is -2.15. The molecule has 0 unspecified atom stereocenters. The SMILES string of the molecule is O=C1OCCOCCOC(=O)c2ccc(cc2)C(=O)OCCOC(=O)c2ccc1cc2. The number of carbonyl (C=O) groups excluding carboxylic acids is 4. The lowest BCUT2D eigenvalue weighted by atomic mass is 10.1. The first-order valence-corrected chi connectivity index (χ1v) is 9.51. The van der Waals surface area contributed by atoms with E-state index in [1.807, 2.05) is 0 Å². The number of carbonyl (C=O) groups is 4. The molecular formula is C22H20O9. The van der Waals surface area contributed by atoms with Gasteiger partial charge in [-0.3, -0.25) is 0 Å². The highest BCUT2D eigenvalue weighted by molar-refractivity contribution is 5.94. The van der Waals surface area contributed by atoms with Crippen LogP contribution >= 0.6 is 0 Å². The third-order valence-corrected chi connectivity index (χ3v) is 4.18. The zero-order valence-corrected chi connectivity index (χ0v) is 16.5. The van der Waals surface area contributed by atoms with E-state index in [2.05, 4.69) is 0 Å². The first kappa shape index (κ1) is 22.0. The van der Waals surface area contributed by atoms with Crippen LogP contribution < -0.4 is 0 Å². The second-order valence-corrected chi connectivity index (χ2v) is 6.31. The molecule has 4 aliphatic rings. The van der Waals surface area contributed by atoms with Gasteiger partial charge < -0.3 is 23.7 Å². The average Bonchev–Trinajstić information content (AvgIpc) is 2.80. The Labute approximate surface area is 177 Å². The summed E-state index contributed by atoms with van der Waals surface area (Å²) in [7, 11) is 0. The van der Waals surface area contributed by atoms with Gasteiger partial charge in [0.15, 0.2) is 0 Å². The summed E-state index contributed by atoms with van der Waals surface area (Å²) in [5, 5.41) is 0. The second-order valence-electron chi connectivity index (χ2n) is 6.31. The molecule has 31 heavy (non-hydrogen) atoms. The van der Waals surface area contributed by atoms with E-state index in [-0.39, 0.29) is 61.9 Å². The number of benzene rings is 2. The van der Waals surface area contributed by atoms with Crippen LogP contribution in [-0.2, 0) is 23.7 Å². The Hall–Kier alpha value is -3.72. The van der Waals surface area contributed by atoms with Gasteiger partial charge in [-0.25, -0.2) is 19.2 Å². The zero-order valence-electron chi connectivity index (χ0n) is 16.5. The fraction of sp³-hybridized carbons (Fsp3) is 0.273. The minimum Gasteiger partial charge on any atom is -0.460 e. The molecule has 2 aromatic carbocycles. The summed E-state index contributed by atoms with van der Waals surface area (Å²) in [5.74, 6) is -2.37. The maximum absolute atomic E-state index is 12.1. The van der Waals surface area contributed by atoms with Crippen LogP contribution in [0.3, 0.4) is 0 Å². The van der Waals surface area contributed by atoms with Crippen molar-refractivity contribution in [3.8, 4) is 0 Å². The summed E-state index contributed by atoms with van der Waals surface area (Å²) in [6, 6.07) is 11.5. The first-order valence-electron chi connectivity index (χ1n) is 9.51. The molecule has 0 saturated carbocycles. The minimum absolute atomic E-state index is 0.0199. The molecule has 0 atom stereocenters. The van der Waals surface area contributed by atoms with E-state index >= 15 is 0 Å². The molecule has 0 fully saturated rings. The lowest BCUT2D eigenvalue weighted by Gasteiger charge is -2.08. The van der Waals surface area contributed by atoms with E-state index in [0.29, 0.717) is 0 Å². The molecule has 0 aliphatic carbocycles.